The number of halogens is 1. The van der Waals surface area contributed by atoms with Gasteiger partial charge >= 0.3 is 0 Å². The third-order valence-corrected chi connectivity index (χ3v) is 4.31. The quantitative estimate of drug-likeness (QED) is 0.447. The predicted octanol–water partition coefficient (Wildman–Crippen LogP) is 6.13. The Balaban J connectivity index is 1.67. The highest BCUT2D eigenvalue weighted by Gasteiger charge is 2.05. The van der Waals surface area contributed by atoms with Crippen LogP contribution in [0.1, 0.15) is 0 Å². The van der Waals surface area contributed by atoms with Crippen molar-refractivity contribution in [2.75, 3.05) is 0 Å². The SMILES string of the molecule is Clc1cccc(-c2cc(-c3ccc(-c4ccccc4)cc3)ncn2)c1. The second kappa shape index (κ2) is 6.88. The Bertz CT molecular complexity index is 996. The zero-order valence-electron chi connectivity index (χ0n) is 13.4. The summed E-state index contributed by atoms with van der Waals surface area (Å²) in [5.41, 5.74) is 6.19. The maximum Gasteiger partial charge on any atom is 0.116 e. The number of aromatic nitrogens is 2. The molecule has 4 aromatic rings. The normalized spacial score (nSPS) is 10.6. The molecule has 3 aromatic carbocycles. The van der Waals surface area contributed by atoms with Crippen molar-refractivity contribution in [3.05, 3.63) is 96.3 Å². The van der Waals surface area contributed by atoms with E-state index in [9.17, 15) is 0 Å². The molecule has 4 rings (SSSR count). The van der Waals surface area contributed by atoms with Crippen molar-refractivity contribution in [2.24, 2.45) is 0 Å². The fourth-order valence-electron chi connectivity index (χ4n) is 2.78. The van der Waals surface area contributed by atoms with Crippen LogP contribution in [0.2, 0.25) is 5.02 Å². The van der Waals surface area contributed by atoms with Gasteiger partial charge in [-0.15, -0.1) is 0 Å². The van der Waals surface area contributed by atoms with Crippen molar-refractivity contribution >= 4 is 11.6 Å². The highest BCUT2D eigenvalue weighted by Crippen LogP contribution is 2.26. The fraction of sp³-hybridized carbons (Fsp3) is 0. The zero-order chi connectivity index (χ0) is 17.1. The Hall–Kier alpha value is -2.97. The van der Waals surface area contributed by atoms with Gasteiger partial charge in [-0.1, -0.05) is 78.3 Å². The third kappa shape index (κ3) is 3.44. The van der Waals surface area contributed by atoms with Crippen molar-refractivity contribution in [2.45, 2.75) is 0 Å². The Kier molecular flexibility index (Phi) is 4.28. The lowest BCUT2D eigenvalue weighted by molar-refractivity contribution is 1.18. The van der Waals surface area contributed by atoms with E-state index in [1.807, 2.05) is 48.5 Å². The van der Waals surface area contributed by atoms with Crippen LogP contribution in [-0.4, -0.2) is 9.97 Å². The first-order valence-corrected chi connectivity index (χ1v) is 8.41. The van der Waals surface area contributed by atoms with E-state index in [2.05, 4.69) is 46.4 Å². The number of hydrogen-bond donors (Lipinski definition) is 0. The summed E-state index contributed by atoms with van der Waals surface area (Å²) >= 11 is 6.08. The van der Waals surface area contributed by atoms with E-state index < -0.39 is 0 Å². The van der Waals surface area contributed by atoms with Gasteiger partial charge in [0.15, 0.2) is 0 Å². The minimum Gasteiger partial charge on any atom is -0.236 e. The second-order valence-corrected chi connectivity index (χ2v) is 6.18. The van der Waals surface area contributed by atoms with Gasteiger partial charge in [-0.2, -0.15) is 0 Å². The molecule has 0 amide bonds. The van der Waals surface area contributed by atoms with Gasteiger partial charge in [-0.3, -0.25) is 0 Å². The van der Waals surface area contributed by atoms with Crippen molar-refractivity contribution in [3.63, 3.8) is 0 Å². The van der Waals surface area contributed by atoms with E-state index in [0.717, 1.165) is 22.5 Å². The highest BCUT2D eigenvalue weighted by atomic mass is 35.5. The van der Waals surface area contributed by atoms with E-state index in [1.165, 1.54) is 11.1 Å². The molecule has 1 aromatic heterocycles. The molecule has 0 saturated heterocycles. The summed E-state index contributed by atoms with van der Waals surface area (Å²) < 4.78 is 0. The molecule has 2 nitrogen and oxygen atoms in total. The van der Waals surface area contributed by atoms with Gasteiger partial charge in [0.1, 0.15) is 6.33 Å². The lowest BCUT2D eigenvalue weighted by Crippen LogP contribution is -1.89. The van der Waals surface area contributed by atoms with Crippen LogP contribution < -0.4 is 0 Å². The molecule has 0 unspecified atom stereocenters. The molecule has 0 aliphatic carbocycles. The smallest absolute Gasteiger partial charge is 0.116 e. The molecule has 0 fully saturated rings. The molecule has 25 heavy (non-hydrogen) atoms. The lowest BCUT2D eigenvalue weighted by atomic mass is 10.0. The van der Waals surface area contributed by atoms with Crippen molar-refractivity contribution in [1.82, 2.24) is 9.97 Å². The van der Waals surface area contributed by atoms with Crippen molar-refractivity contribution in [1.29, 1.82) is 0 Å². The van der Waals surface area contributed by atoms with E-state index in [-0.39, 0.29) is 0 Å². The largest absolute Gasteiger partial charge is 0.236 e. The minimum absolute atomic E-state index is 0.699. The summed E-state index contributed by atoms with van der Waals surface area (Å²) in [6.45, 7) is 0. The van der Waals surface area contributed by atoms with E-state index in [4.69, 9.17) is 11.6 Å². The Labute approximate surface area is 151 Å². The molecular formula is C22H15ClN2. The average Bonchev–Trinajstić information content (AvgIpc) is 2.69. The first-order valence-electron chi connectivity index (χ1n) is 8.03. The van der Waals surface area contributed by atoms with Crippen LogP contribution >= 0.6 is 11.6 Å². The molecule has 3 heteroatoms. The summed E-state index contributed by atoms with van der Waals surface area (Å²) in [4.78, 5) is 8.79. The Morgan fingerprint density at radius 2 is 1.12 bits per heavy atom. The highest BCUT2D eigenvalue weighted by molar-refractivity contribution is 6.30. The standard InChI is InChI=1S/C22H15ClN2/c23-20-8-4-7-19(13-20)22-14-21(24-15-25-22)18-11-9-17(10-12-18)16-5-2-1-3-6-16/h1-15H. The van der Waals surface area contributed by atoms with Gasteiger partial charge in [-0.25, -0.2) is 9.97 Å². The van der Waals surface area contributed by atoms with Crippen LogP contribution in [0.4, 0.5) is 0 Å². The zero-order valence-corrected chi connectivity index (χ0v) is 14.2. The Morgan fingerprint density at radius 1 is 0.520 bits per heavy atom. The molecule has 0 atom stereocenters. The summed E-state index contributed by atoms with van der Waals surface area (Å²) in [5.74, 6) is 0. The summed E-state index contributed by atoms with van der Waals surface area (Å²) in [7, 11) is 0. The molecule has 120 valence electrons. The van der Waals surface area contributed by atoms with Crippen molar-refractivity contribution < 1.29 is 0 Å². The van der Waals surface area contributed by atoms with E-state index in [0.29, 0.717) is 5.02 Å². The van der Waals surface area contributed by atoms with Gasteiger partial charge in [0.25, 0.3) is 0 Å². The molecule has 0 saturated carbocycles. The van der Waals surface area contributed by atoms with Crippen LogP contribution in [0, 0.1) is 0 Å². The number of hydrogen-bond acceptors (Lipinski definition) is 2. The molecule has 0 aliphatic rings. The van der Waals surface area contributed by atoms with Crippen LogP contribution in [0.25, 0.3) is 33.6 Å². The molecule has 0 spiro atoms. The first kappa shape index (κ1) is 15.6. The predicted molar refractivity (Wildman–Crippen MR) is 103 cm³/mol. The maximum absolute atomic E-state index is 6.08. The number of nitrogens with zero attached hydrogens (tertiary/aromatic N) is 2. The Morgan fingerprint density at radius 3 is 1.84 bits per heavy atom. The van der Waals surface area contributed by atoms with Gasteiger partial charge in [0.2, 0.25) is 0 Å². The van der Waals surface area contributed by atoms with Gasteiger partial charge in [0.05, 0.1) is 11.4 Å². The molecular weight excluding hydrogens is 328 g/mol. The molecule has 0 aliphatic heterocycles. The minimum atomic E-state index is 0.699. The van der Waals surface area contributed by atoms with Crippen molar-refractivity contribution in [3.8, 4) is 33.6 Å². The van der Waals surface area contributed by atoms with Crippen LogP contribution in [0.3, 0.4) is 0 Å². The second-order valence-electron chi connectivity index (χ2n) is 5.74. The van der Waals surface area contributed by atoms with Crippen LogP contribution in [-0.2, 0) is 0 Å². The number of rotatable bonds is 3. The topological polar surface area (TPSA) is 25.8 Å². The molecule has 0 N–H and O–H groups in total. The van der Waals surface area contributed by atoms with Gasteiger partial charge in [0, 0.05) is 16.1 Å². The van der Waals surface area contributed by atoms with E-state index in [1.54, 1.807) is 6.33 Å². The fourth-order valence-corrected chi connectivity index (χ4v) is 2.98. The molecule has 1 heterocycles. The summed E-state index contributed by atoms with van der Waals surface area (Å²) in [6, 6.07) is 28.4. The molecule has 0 radical (unpaired) electrons. The van der Waals surface area contributed by atoms with E-state index >= 15 is 0 Å². The number of benzene rings is 3. The first-order chi connectivity index (χ1) is 12.3. The summed E-state index contributed by atoms with van der Waals surface area (Å²) in [5, 5.41) is 0.699. The van der Waals surface area contributed by atoms with Crippen LogP contribution in [0.15, 0.2) is 91.3 Å². The monoisotopic (exact) mass is 342 g/mol. The van der Waals surface area contributed by atoms with Gasteiger partial charge < -0.3 is 0 Å². The van der Waals surface area contributed by atoms with Crippen LogP contribution in [0.5, 0.6) is 0 Å². The third-order valence-electron chi connectivity index (χ3n) is 4.08. The lowest BCUT2D eigenvalue weighted by Gasteiger charge is -2.06. The maximum atomic E-state index is 6.08. The van der Waals surface area contributed by atoms with Gasteiger partial charge in [-0.05, 0) is 29.3 Å². The summed E-state index contributed by atoms with van der Waals surface area (Å²) in [6.07, 6.45) is 1.59. The average molecular weight is 343 g/mol. The molecule has 0 bridgehead atoms.